The van der Waals surface area contributed by atoms with E-state index in [9.17, 15) is 0 Å². The zero-order chi connectivity index (χ0) is 12.5. The Morgan fingerprint density at radius 1 is 1.22 bits per heavy atom. The summed E-state index contributed by atoms with van der Waals surface area (Å²) in [6, 6.07) is 7.43. The molecule has 0 spiro atoms. The number of hydrogen-bond acceptors (Lipinski definition) is 5. The van der Waals surface area contributed by atoms with Crippen LogP contribution in [0.5, 0.6) is 0 Å². The lowest BCUT2D eigenvalue weighted by atomic mass is 10.1. The first-order valence-corrected chi connectivity index (χ1v) is 5.48. The Hall–Kier alpha value is -2.56. The summed E-state index contributed by atoms with van der Waals surface area (Å²) < 4.78 is 10.4. The minimum absolute atomic E-state index is 0.254. The van der Waals surface area contributed by atoms with Crippen molar-refractivity contribution in [3.63, 3.8) is 0 Å². The number of furan rings is 1. The van der Waals surface area contributed by atoms with Gasteiger partial charge in [0, 0.05) is 11.8 Å². The van der Waals surface area contributed by atoms with Gasteiger partial charge in [-0.15, -0.1) is 0 Å². The van der Waals surface area contributed by atoms with E-state index < -0.39 is 0 Å². The quantitative estimate of drug-likeness (QED) is 0.746. The predicted molar refractivity (Wildman–Crippen MR) is 66.6 cm³/mol. The van der Waals surface area contributed by atoms with Crippen LogP contribution in [0.15, 0.2) is 45.7 Å². The summed E-state index contributed by atoms with van der Waals surface area (Å²) in [5.74, 6) is 1.02. The maximum Gasteiger partial charge on any atom is 0.232 e. The SMILES string of the molecule is Cc1occc1-c1noc(N)c1-c1ccccn1. The lowest BCUT2D eigenvalue weighted by molar-refractivity contribution is 0.439. The van der Waals surface area contributed by atoms with Crippen LogP contribution >= 0.6 is 0 Å². The van der Waals surface area contributed by atoms with E-state index in [4.69, 9.17) is 14.7 Å². The van der Waals surface area contributed by atoms with E-state index in [1.54, 1.807) is 12.5 Å². The third-order valence-corrected chi connectivity index (χ3v) is 2.75. The molecule has 3 aromatic heterocycles. The molecule has 5 heteroatoms. The van der Waals surface area contributed by atoms with Gasteiger partial charge >= 0.3 is 0 Å². The largest absolute Gasteiger partial charge is 0.469 e. The maximum absolute atomic E-state index is 5.83. The number of rotatable bonds is 2. The number of hydrogen-bond donors (Lipinski definition) is 1. The number of nitrogens with zero attached hydrogens (tertiary/aromatic N) is 2. The van der Waals surface area contributed by atoms with E-state index in [0.29, 0.717) is 11.3 Å². The summed E-state index contributed by atoms with van der Waals surface area (Å²) in [5.41, 5.74) is 8.76. The fraction of sp³-hybridized carbons (Fsp3) is 0.0769. The molecule has 2 N–H and O–H groups in total. The summed E-state index contributed by atoms with van der Waals surface area (Å²) in [7, 11) is 0. The predicted octanol–water partition coefficient (Wildman–Crippen LogP) is 2.89. The summed E-state index contributed by atoms with van der Waals surface area (Å²) in [5, 5.41) is 4.00. The van der Waals surface area contributed by atoms with Crippen molar-refractivity contribution in [2.45, 2.75) is 6.92 Å². The zero-order valence-electron chi connectivity index (χ0n) is 9.75. The summed E-state index contributed by atoms with van der Waals surface area (Å²) in [6.45, 7) is 1.86. The van der Waals surface area contributed by atoms with E-state index in [0.717, 1.165) is 17.0 Å². The molecule has 0 bridgehead atoms. The molecular weight excluding hydrogens is 230 g/mol. The van der Waals surface area contributed by atoms with Crippen LogP contribution < -0.4 is 5.73 Å². The van der Waals surface area contributed by atoms with Gasteiger partial charge in [0.2, 0.25) is 5.88 Å². The van der Waals surface area contributed by atoms with Crippen molar-refractivity contribution in [2.75, 3.05) is 5.73 Å². The molecule has 18 heavy (non-hydrogen) atoms. The highest BCUT2D eigenvalue weighted by Gasteiger charge is 2.20. The van der Waals surface area contributed by atoms with Crippen molar-refractivity contribution in [1.29, 1.82) is 0 Å². The molecule has 0 aliphatic rings. The van der Waals surface area contributed by atoms with Crippen LogP contribution in [0.1, 0.15) is 5.76 Å². The third-order valence-electron chi connectivity index (χ3n) is 2.75. The molecule has 0 radical (unpaired) electrons. The van der Waals surface area contributed by atoms with Crippen molar-refractivity contribution < 1.29 is 8.94 Å². The van der Waals surface area contributed by atoms with Gasteiger partial charge in [-0.05, 0) is 25.1 Å². The molecule has 0 unspecified atom stereocenters. The van der Waals surface area contributed by atoms with Crippen molar-refractivity contribution in [3.8, 4) is 22.5 Å². The van der Waals surface area contributed by atoms with E-state index in [-0.39, 0.29) is 5.88 Å². The van der Waals surface area contributed by atoms with Crippen LogP contribution in [0.25, 0.3) is 22.5 Å². The van der Waals surface area contributed by atoms with Crippen molar-refractivity contribution in [3.05, 3.63) is 42.5 Å². The first-order chi connectivity index (χ1) is 8.77. The summed E-state index contributed by atoms with van der Waals surface area (Å²) >= 11 is 0. The van der Waals surface area contributed by atoms with Gasteiger partial charge in [-0.25, -0.2) is 0 Å². The minimum Gasteiger partial charge on any atom is -0.469 e. The second kappa shape index (κ2) is 4.03. The second-order valence-electron chi connectivity index (χ2n) is 3.88. The number of nitrogen functional groups attached to an aromatic ring is 1. The van der Waals surface area contributed by atoms with Gasteiger partial charge in [0.05, 0.1) is 17.5 Å². The molecule has 0 aliphatic carbocycles. The number of pyridine rings is 1. The zero-order valence-corrected chi connectivity index (χ0v) is 9.75. The van der Waals surface area contributed by atoms with Crippen molar-refractivity contribution in [2.24, 2.45) is 0 Å². The molecule has 0 saturated carbocycles. The number of nitrogens with two attached hydrogens (primary N) is 1. The molecule has 0 atom stereocenters. The van der Waals surface area contributed by atoms with Crippen molar-refractivity contribution >= 4 is 5.88 Å². The Morgan fingerprint density at radius 2 is 2.11 bits per heavy atom. The van der Waals surface area contributed by atoms with E-state index in [2.05, 4.69) is 10.1 Å². The molecule has 0 amide bonds. The molecule has 3 heterocycles. The average Bonchev–Trinajstić information content (AvgIpc) is 2.96. The highest BCUT2D eigenvalue weighted by atomic mass is 16.5. The summed E-state index contributed by atoms with van der Waals surface area (Å²) in [6.07, 6.45) is 3.31. The average molecular weight is 241 g/mol. The maximum atomic E-state index is 5.83. The van der Waals surface area contributed by atoms with Gasteiger partial charge in [-0.3, -0.25) is 4.98 Å². The molecule has 0 saturated heterocycles. The first kappa shape index (κ1) is 10.6. The van der Waals surface area contributed by atoms with Crippen LogP contribution in [0.3, 0.4) is 0 Å². The molecular formula is C13H11N3O2. The monoisotopic (exact) mass is 241 g/mol. The topological polar surface area (TPSA) is 78.1 Å². The standard InChI is InChI=1S/C13H11N3O2/c1-8-9(5-7-17-8)12-11(13(14)18-16-12)10-4-2-3-6-15-10/h2-7H,14H2,1H3. The second-order valence-corrected chi connectivity index (χ2v) is 3.88. The number of aromatic nitrogens is 2. The van der Waals surface area contributed by atoms with E-state index >= 15 is 0 Å². The molecule has 5 nitrogen and oxygen atoms in total. The van der Waals surface area contributed by atoms with Gasteiger partial charge in [0.15, 0.2) is 0 Å². The Labute approximate surface area is 103 Å². The Balaban J connectivity index is 2.22. The highest BCUT2D eigenvalue weighted by molar-refractivity contribution is 5.85. The fourth-order valence-electron chi connectivity index (χ4n) is 1.88. The van der Waals surface area contributed by atoms with E-state index in [1.807, 2.05) is 31.2 Å². The summed E-state index contributed by atoms with van der Waals surface area (Å²) in [4.78, 5) is 4.27. The molecule has 0 fully saturated rings. The van der Waals surface area contributed by atoms with Gasteiger partial charge in [0.25, 0.3) is 0 Å². The molecule has 0 aliphatic heterocycles. The van der Waals surface area contributed by atoms with Crippen LogP contribution in [-0.4, -0.2) is 10.1 Å². The Bertz CT molecular complexity index is 671. The molecule has 0 aromatic carbocycles. The van der Waals surface area contributed by atoms with Gasteiger partial charge in [-0.1, -0.05) is 11.2 Å². The highest BCUT2D eigenvalue weighted by Crippen LogP contribution is 2.36. The molecule has 3 rings (SSSR count). The Morgan fingerprint density at radius 3 is 2.78 bits per heavy atom. The number of anilines is 1. The fourth-order valence-corrected chi connectivity index (χ4v) is 1.88. The lowest BCUT2D eigenvalue weighted by Gasteiger charge is -2.00. The third kappa shape index (κ3) is 1.57. The lowest BCUT2D eigenvalue weighted by Crippen LogP contribution is -1.89. The first-order valence-electron chi connectivity index (χ1n) is 5.48. The molecule has 90 valence electrons. The van der Waals surface area contributed by atoms with Gasteiger partial charge < -0.3 is 14.7 Å². The number of aryl methyl sites for hydroxylation is 1. The van der Waals surface area contributed by atoms with Crippen molar-refractivity contribution in [1.82, 2.24) is 10.1 Å². The van der Waals surface area contributed by atoms with E-state index in [1.165, 1.54) is 0 Å². The van der Waals surface area contributed by atoms with Gasteiger partial charge in [-0.2, -0.15) is 0 Å². The Kier molecular flexibility index (Phi) is 2.37. The minimum atomic E-state index is 0.254. The van der Waals surface area contributed by atoms with Crippen LogP contribution in [-0.2, 0) is 0 Å². The van der Waals surface area contributed by atoms with Crippen LogP contribution in [0.2, 0.25) is 0 Å². The van der Waals surface area contributed by atoms with Gasteiger partial charge in [0.1, 0.15) is 11.5 Å². The van der Waals surface area contributed by atoms with Crippen LogP contribution in [0.4, 0.5) is 5.88 Å². The molecule has 3 aromatic rings. The normalized spacial score (nSPS) is 10.7. The smallest absolute Gasteiger partial charge is 0.232 e. The van der Waals surface area contributed by atoms with Crippen LogP contribution in [0, 0.1) is 6.92 Å².